The van der Waals surface area contributed by atoms with Gasteiger partial charge in [0.1, 0.15) is 11.9 Å². The summed E-state index contributed by atoms with van der Waals surface area (Å²) in [6.45, 7) is 0. The highest BCUT2D eigenvalue weighted by Gasteiger charge is 2.31. The van der Waals surface area contributed by atoms with Crippen molar-refractivity contribution in [3.05, 3.63) is 42.0 Å². The average molecular weight is 200 g/mol. The predicted octanol–water partition coefficient (Wildman–Crippen LogP) is 3.62. The first-order valence-electron chi connectivity index (χ1n) is 5.87. The number of fused-ring (bicyclic) bond motifs is 1. The molecule has 0 saturated heterocycles. The highest BCUT2D eigenvalue weighted by Crippen LogP contribution is 2.38. The molecule has 1 saturated carbocycles. The van der Waals surface area contributed by atoms with E-state index in [0.717, 1.165) is 5.76 Å². The van der Waals surface area contributed by atoms with E-state index in [1.807, 2.05) is 6.07 Å². The van der Waals surface area contributed by atoms with Crippen LogP contribution in [0.3, 0.4) is 0 Å². The van der Waals surface area contributed by atoms with Crippen molar-refractivity contribution in [2.45, 2.75) is 31.8 Å². The molecule has 1 fully saturated rings. The summed E-state index contributed by atoms with van der Waals surface area (Å²) in [5.74, 6) is 1.78. The highest BCUT2D eigenvalue weighted by molar-refractivity contribution is 5.61. The third kappa shape index (κ3) is 1.67. The van der Waals surface area contributed by atoms with Crippen LogP contribution >= 0.6 is 0 Å². The smallest absolute Gasteiger partial charge is 0.123 e. The van der Waals surface area contributed by atoms with E-state index in [0.29, 0.717) is 12.0 Å². The number of rotatable bonds is 1. The van der Waals surface area contributed by atoms with Crippen molar-refractivity contribution in [1.29, 1.82) is 0 Å². The second kappa shape index (κ2) is 3.73. The van der Waals surface area contributed by atoms with Crippen LogP contribution in [-0.4, -0.2) is 6.10 Å². The van der Waals surface area contributed by atoms with Gasteiger partial charge in [-0.2, -0.15) is 0 Å². The molecule has 1 aliphatic heterocycles. The first-order valence-corrected chi connectivity index (χ1v) is 5.87. The molecule has 3 rings (SSSR count). The molecule has 1 aromatic carbocycles. The van der Waals surface area contributed by atoms with Crippen LogP contribution in [0.4, 0.5) is 0 Å². The summed E-state index contributed by atoms with van der Waals surface area (Å²) < 4.78 is 6.01. The molecule has 0 bridgehead atoms. The Hall–Kier alpha value is -1.24. The van der Waals surface area contributed by atoms with Gasteiger partial charge < -0.3 is 4.74 Å². The van der Waals surface area contributed by atoms with E-state index in [2.05, 4.69) is 30.3 Å². The maximum absolute atomic E-state index is 6.01. The minimum Gasteiger partial charge on any atom is -0.490 e. The molecular formula is C14H16O. The van der Waals surface area contributed by atoms with Crippen LogP contribution in [0.25, 0.3) is 5.76 Å². The number of hydrogen-bond donors (Lipinski definition) is 0. The van der Waals surface area contributed by atoms with Crippen molar-refractivity contribution in [1.82, 2.24) is 0 Å². The molecule has 15 heavy (non-hydrogen) atoms. The zero-order chi connectivity index (χ0) is 10.1. The molecule has 0 spiro atoms. The molecule has 2 atom stereocenters. The standard InChI is InChI=1S/C14H16O/c1-2-6-11(7-3-1)14-10-12-8-4-5-9-13(12)15-14/h1-3,6-7,10,12-13H,4-5,8-9H2/t12-,13?/m1/s1. The number of benzene rings is 1. The molecular weight excluding hydrogens is 184 g/mol. The predicted molar refractivity (Wildman–Crippen MR) is 61.3 cm³/mol. The van der Waals surface area contributed by atoms with Gasteiger partial charge in [-0.1, -0.05) is 36.8 Å². The first-order chi connectivity index (χ1) is 7.43. The lowest BCUT2D eigenvalue weighted by Gasteiger charge is -2.23. The molecule has 1 heteroatoms. The average Bonchev–Trinajstić information content (AvgIpc) is 2.74. The zero-order valence-corrected chi connectivity index (χ0v) is 8.86. The summed E-state index contributed by atoms with van der Waals surface area (Å²) in [6.07, 6.45) is 8.03. The van der Waals surface area contributed by atoms with Gasteiger partial charge in [-0.15, -0.1) is 0 Å². The third-order valence-electron chi connectivity index (χ3n) is 3.46. The zero-order valence-electron chi connectivity index (χ0n) is 8.86. The maximum atomic E-state index is 6.01. The largest absolute Gasteiger partial charge is 0.490 e. The topological polar surface area (TPSA) is 9.23 Å². The van der Waals surface area contributed by atoms with Gasteiger partial charge >= 0.3 is 0 Å². The van der Waals surface area contributed by atoms with E-state index in [9.17, 15) is 0 Å². The second-order valence-corrected chi connectivity index (χ2v) is 4.50. The summed E-state index contributed by atoms with van der Waals surface area (Å²) in [5, 5.41) is 0. The van der Waals surface area contributed by atoms with Gasteiger partial charge in [-0.05, 0) is 25.3 Å². The highest BCUT2D eigenvalue weighted by atomic mass is 16.5. The number of hydrogen-bond acceptors (Lipinski definition) is 1. The van der Waals surface area contributed by atoms with Crippen molar-refractivity contribution in [3.63, 3.8) is 0 Å². The maximum Gasteiger partial charge on any atom is 0.123 e. The molecule has 0 amide bonds. The lowest BCUT2D eigenvalue weighted by molar-refractivity contribution is 0.115. The third-order valence-corrected chi connectivity index (χ3v) is 3.46. The number of ether oxygens (including phenoxy) is 1. The van der Waals surface area contributed by atoms with E-state index in [1.54, 1.807) is 0 Å². The summed E-state index contributed by atoms with van der Waals surface area (Å²) in [4.78, 5) is 0. The second-order valence-electron chi connectivity index (χ2n) is 4.50. The SMILES string of the molecule is C1=C(c2ccccc2)OC2CCCC[C@H]12. The fourth-order valence-electron chi connectivity index (χ4n) is 2.63. The van der Waals surface area contributed by atoms with E-state index >= 15 is 0 Å². The van der Waals surface area contributed by atoms with Crippen molar-refractivity contribution < 1.29 is 4.74 Å². The summed E-state index contributed by atoms with van der Waals surface area (Å²) in [5.41, 5.74) is 1.23. The van der Waals surface area contributed by atoms with Gasteiger partial charge in [0.05, 0.1) is 0 Å². The molecule has 1 heterocycles. The molecule has 0 aromatic heterocycles. The Morgan fingerprint density at radius 1 is 1.00 bits per heavy atom. The fraction of sp³-hybridized carbons (Fsp3) is 0.429. The van der Waals surface area contributed by atoms with E-state index in [1.165, 1.54) is 31.2 Å². The van der Waals surface area contributed by atoms with Gasteiger partial charge in [0.25, 0.3) is 0 Å². The molecule has 2 aliphatic rings. The molecule has 78 valence electrons. The minimum atomic E-state index is 0.467. The van der Waals surface area contributed by atoms with Gasteiger partial charge in [-0.3, -0.25) is 0 Å². The monoisotopic (exact) mass is 200 g/mol. The van der Waals surface area contributed by atoms with Crippen LogP contribution in [0.5, 0.6) is 0 Å². The summed E-state index contributed by atoms with van der Waals surface area (Å²) in [6, 6.07) is 10.4. The molecule has 0 N–H and O–H groups in total. The Labute approximate surface area is 90.8 Å². The first kappa shape index (κ1) is 9.02. The lowest BCUT2D eigenvalue weighted by atomic mass is 9.87. The van der Waals surface area contributed by atoms with Gasteiger partial charge in [0.15, 0.2) is 0 Å². The van der Waals surface area contributed by atoms with Gasteiger partial charge in [-0.25, -0.2) is 0 Å². The van der Waals surface area contributed by atoms with Crippen molar-refractivity contribution in [2.24, 2.45) is 5.92 Å². The van der Waals surface area contributed by atoms with E-state index < -0.39 is 0 Å². The normalized spacial score (nSPS) is 29.2. The van der Waals surface area contributed by atoms with Gasteiger partial charge in [0.2, 0.25) is 0 Å². The molecule has 1 aromatic rings. The Morgan fingerprint density at radius 2 is 1.80 bits per heavy atom. The van der Waals surface area contributed by atoms with Crippen LogP contribution in [0.15, 0.2) is 36.4 Å². The Morgan fingerprint density at radius 3 is 2.60 bits per heavy atom. The van der Waals surface area contributed by atoms with Crippen LogP contribution in [0.1, 0.15) is 31.2 Å². The van der Waals surface area contributed by atoms with Gasteiger partial charge in [0, 0.05) is 11.5 Å². The van der Waals surface area contributed by atoms with Crippen LogP contribution < -0.4 is 0 Å². The van der Waals surface area contributed by atoms with E-state index in [-0.39, 0.29) is 0 Å². The van der Waals surface area contributed by atoms with Crippen LogP contribution in [0.2, 0.25) is 0 Å². The Bertz CT molecular complexity index is 366. The quantitative estimate of drug-likeness (QED) is 0.672. The molecule has 1 aliphatic carbocycles. The summed E-state index contributed by atoms with van der Waals surface area (Å²) >= 11 is 0. The Balaban J connectivity index is 1.84. The minimum absolute atomic E-state index is 0.467. The molecule has 1 nitrogen and oxygen atoms in total. The van der Waals surface area contributed by atoms with Crippen molar-refractivity contribution >= 4 is 5.76 Å². The van der Waals surface area contributed by atoms with Crippen LogP contribution in [-0.2, 0) is 4.74 Å². The molecule has 0 radical (unpaired) electrons. The van der Waals surface area contributed by atoms with E-state index in [4.69, 9.17) is 4.74 Å². The lowest BCUT2D eigenvalue weighted by Crippen LogP contribution is -2.20. The van der Waals surface area contributed by atoms with Crippen molar-refractivity contribution in [2.75, 3.05) is 0 Å². The molecule has 1 unspecified atom stereocenters. The fourth-order valence-corrected chi connectivity index (χ4v) is 2.63. The van der Waals surface area contributed by atoms with Crippen molar-refractivity contribution in [3.8, 4) is 0 Å². The Kier molecular flexibility index (Phi) is 2.24. The van der Waals surface area contributed by atoms with Crippen LogP contribution in [0, 0.1) is 5.92 Å². The summed E-state index contributed by atoms with van der Waals surface area (Å²) in [7, 11) is 0.